The average Bonchev–Trinajstić information content (AvgIpc) is 3.28. The van der Waals surface area contributed by atoms with Gasteiger partial charge in [-0.1, -0.05) is 30.3 Å². The van der Waals surface area contributed by atoms with Crippen LogP contribution >= 0.6 is 0 Å². The van der Waals surface area contributed by atoms with E-state index >= 15 is 0 Å². The second-order valence-corrected chi connectivity index (χ2v) is 5.44. The maximum atomic E-state index is 4.48. The minimum absolute atomic E-state index is 0.585. The number of hydrogen-bond acceptors (Lipinski definition) is 4. The van der Waals surface area contributed by atoms with Crippen molar-refractivity contribution in [2.45, 2.75) is 25.3 Å². The minimum Gasteiger partial charge on any atom is -0.368 e. The monoisotopic (exact) mass is 279 g/mol. The van der Waals surface area contributed by atoms with Crippen molar-refractivity contribution in [3.8, 4) is 0 Å². The molecule has 2 heterocycles. The summed E-state index contributed by atoms with van der Waals surface area (Å²) in [5.74, 6) is 0.829. The summed E-state index contributed by atoms with van der Waals surface area (Å²) >= 11 is 0. The van der Waals surface area contributed by atoms with Gasteiger partial charge in [0.05, 0.1) is 6.33 Å². The molecule has 1 N–H and O–H groups in total. The summed E-state index contributed by atoms with van der Waals surface area (Å²) in [5, 5.41) is 3.38. The molecule has 0 unspecified atom stereocenters. The van der Waals surface area contributed by atoms with Crippen LogP contribution in [0.3, 0.4) is 0 Å². The standard InChI is InChI=1S/C16H17N5/c1-2-4-12(5-3-1)8-9-17-15-14-16(19-10-18-15)21(11-20-14)13-6-7-13/h1-5,10-11,13H,6-9H2,(H,17,18,19). The summed E-state index contributed by atoms with van der Waals surface area (Å²) < 4.78 is 2.17. The normalized spacial score (nSPS) is 14.5. The van der Waals surface area contributed by atoms with Gasteiger partial charge in [0.25, 0.3) is 0 Å². The minimum atomic E-state index is 0.585. The van der Waals surface area contributed by atoms with Gasteiger partial charge in [-0.2, -0.15) is 0 Å². The van der Waals surface area contributed by atoms with Crippen LogP contribution in [0.15, 0.2) is 43.0 Å². The number of nitrogens with zero attached hydrogens (tertiary/aromatic N) is 4. The molecule has 1 aromatic carbocycles. The van der Waals surface area contributed by atoms with E-state index in [0.29, 0.717) is 6.04 Å². The van der Waals surface area contributed by atoms with Crippen LogP contribution in [0.2, 0.25) is 0 Å². The van der Waals surface area contributed by atoms with E-state index in [0.717, 1.165) is 29.9 Å². The van der Waals surface area contributed by atoms with E-state index in [4.69, 9.17) is 0 Å². The molecule has 1 aliphatic rings. The Morgan fingerprint density at radius 3 is 2.76 bits per heavy atom. The summed E-state index contributed by atoms with van der Waals surface area (Å²) in [6.07, 6.45) is 6.93. The summed E-state index contributed by atoms with van der Waals surface area (Å²) in [7, 11) is 0. The fraction of sp³-hybridized carbons (Fsp3) is 0.312. The second-order valence-electron chi connectivity index (χ2n) is 5.44. The van der Waals surface area contributed by atoms with Gasteiger partial charge in [0.2, 0.25) is 0 Å². The lowest BCUT2D eigenvalue weighted by atomic mass is 10.1. The summed E-state index contributed by atoms with van der Waals surface area (Å²) in [6.45, 7) is 0.840. The van der Waals surface area contributed by atoms with Crippen LogP contribution in [0.4, 0.5) is 5.82 Å². The Hall–Kier alpha value is -2.43. The van der Waals surface area contributed by atoms with Crippen LogP contribution < -0.4 is 5.32 Å². The van der Waals surface area contributed by atoms with E-state index in [-0.39, 0.29) is 0 Å². The van der Waals surface area contributed by atoms with Crippen LogP contribution in [-0.4, -0.2) is 26.1 Å². The second kappa shape index (κ2) is 5.16. The third kappa shape index (κ3) is 2.46. The number of imidazole rings is 1. The Morgan fingerprint density at radius 2 is 1.95 bits per heavy atom. The van der Waals surface area contributed by atoms with Crippen LogP contribution in [0.25, 0.3) is 11.2 Å². The molecule has 0 spiro atoms. The first-order chi connectivity index (χ1) is 10.4. The average molecular weight is 279 g/mol. The smallest absolute Gasteiger partial charge is 0.165 e. The molecular formula is C16H17N5. The number of hydrogen-bond donors (Lipinski definition) is 1. The highest BCUT2D eigenvalue weighted by molar-refractivity contribution is 5.82. The third-order valence-electron chi connectivity index (χ3n) is 3.85. The van der Waals surface area contributed by atoms with Gasteiger partial charge in [-0.3, -0.25) is 0 Å². The van der Waals surface area contributed by atoms with Gasteiger partial charge in [-0.15, -0.1) is 0 Å². The van der Waals surface area contributed by atoms with Gasteiger partial charge in [0.1, 0.15) is 11.8 Å². The Kier molecular flexibility index (Phi) is 3.03. The van der Waals surface area contributed by atoms with E-state index < -0.39 is 0 Å². The fourth-order valence-corrected chi connectivity index (χ4v) is 2.57. The van der Waals surface area contributed by atoms with E-state index in [1.54, 1.807) is 6.33 Å². The van der Waals surface area contributed by atoms with Crippen molar-refractivity contribution < 1.29 is 0 Å². The molecule has 2 aromatic heterocycles. The van der Waals surface area contributed by atoms with Gasteiger partial charge in [-0.05, 0) is 24.8 Å². The van der Waals surface area contributed by atoms with Gasteiger partial charge in [0, 0.05) is 12.6 Å². The van der Waals surface area contributed by atoms with Crippen LogP contribution in [0.5, 0.6) is 0 Å². The highest BCUT2D eigenvalue weighted by Crippen LogP contribution is 2.37. The number of anilines is 1. The van der Waals surface area contributed by atoms with E-state index in [1.165, 1.54) is 18.4 Å². The summed E-state index contributed by atoms with van der Waals surface area (Å²) in [5.41, 5.74) is 3.13. The van der Waals surface area contributed by atoms with Crippen molar-refractivity contribution in [3.63, 3.8) is 0 Å². The van der Waals surface area contributed by atoms with E-state index in [2.05, 4.69) is 49.1 Å². The molecule has 0 saturated heterocycles. The molecule has 0 radical (unpaired) electrons. The molecule has 0 amide bonds. The molecule has 5 nitrogen and oxygen atoms in total. The maximum absolute atomic E-state index is 4.48. The van der Waals surface area contributed by atoms with E-state index in [9.17, 15) is 0 Å². The summed E-state index contributed by atoms with van der Waals surface area (Å²) in [6, 6.07) is 11.0. The Morgan fingerprint density at radius 1 is 1.10 bits per heavy atom. The quantitative estimate of drug-likeness (QED) is 0.780. The van der Waals surface area contributed by atoms with Gasteiger partial charge < -0.3 is 9.88 Å². The number of benzene rings is 1. The van der Waals surface area contributed by atoms with E-state index in [1.807, 2.05) is 12.4 Å². The predicted molar refractivity (Wildman–Crippen MR) is 82.2 cm³/mol. The van der Waals surface area contributed by atoms with Crippen molar-refractivity contribution in [2.75, 3.05) is 11.9 Å². The number of fused-ring (bicyclic) bond motifs is 1. The first kappa shape index (κ1) is 12.3. The molecule has 5 heteroatoms. The van der Waals surface area contributed by atoms with Crippen molar-refractivity contribution in [1.82, 2.24) is 19.5 Å². The third-order valence-corrected chi connectivity index (χ3v) is 3.85. The van der Waals surface area contributed by atoms with Crippen molar-refractivity contribution in [1.29, 1.82) is 0 Å². The lowest BCUT2D eigenvalue weighted by Crippen LogP contribution is -2.07. The largest absolute Gasteiger partial charge is 0.368 e. The summed E-state index contributed by atoms with van der Waals surface area (Å²) in [4.78, 5) is 13.2. The lowest BCUT2D eigenvalue weighted by molar-refractivity contribution is 0.756. The molecule has 0 aliphatic heterocycles. The Bertz CT molecular complexity index is 746. The Labute approximate surface area is 123 Å². The molecule has 4 rings (SSSR count). The zero-order valence-corrected chi connectivity index (χ0v) is 11.7. The van der Waals surface area contributed by atoms with Crippen molar-refractivity contribution >= 4 is 17.0 Å². The number of rotatable bonds is 5. The van der Waals surface area contributed by atoms with Crippen LogP contribution in [-0.2, 0) is 6.42 Å². The highest BCUT2D eigenvalue weighted by Gasteiger charge is 2.26. The molecule has 3 aromatic rings. The van der Waals surface area contributed by atoms with Crippen LogP contribution in [0.1, 0.15) is 24.4 Å². The van der Waals surface area contributed by atoms with Gasteiger partial charge >= 0.3 is 0 Å². The topological polar surface area (TPSA) is 55.6 Å². The maximum Gasteiger partial charge on any atom is 0.165 e. The number of nitrogens with one attached hydrogen (secondary N) is 1. The highest BCUT2D eigenvalue weighted by atomic mass is 15.2. The molecule has 1 saturated carbocycles. The first-order valence-corrected chi connectivity index (χ1v) is 7.37. The molecule has 1 aliphatic carbocycles. The van der Waals surface area contributed by atoms with Crippen molar-refractivity contribution in [3.05, 3.63) is 48.5 Å². The molecule has 106 valence electrons. The van der Waals surface area contributed by atoms with Crippen molar-refractivity contribution in [2.24, 2.45) is 0 Å². The molecule has 21 heavy (non-hydrogen) atoms. The zero-order valence-electron chi connectivity index (χ0n) is 11.7. The molecular weight excluding hydrogens is 262 g/mol. The Balaban J connectivity index is 1.51. The SMILES string of the molecule is c1ccc(CCNc2ncnc3c2ncn3C2CC2)cc1. The molecule has 1 fully saturated rings. The number of aromatic nitrogens is 4. The van der Waals surface area contributed by atoms with Gasteiger partial charge in [0.15, 0.2) is 11.5 Å². The fourth-order valence-electron chi connectivity index (χ4n) is 2.57. The predicted octanol–water partition coefficient (Wildman–Crippen LogP) is 2.82. The molecule has 0 atom stereocenters. The van der Waals surface area contributed by atoms with Crippen LogP contribution in [0, 0.1) is 0 Å². The van der Waals surface area contributed by atoms with Gasteiger partial charge in [-0.25, -0.2) is 15.0 Å². The lowest BCUT2D eigenvalue weighted by Gasteiger charge is -2.06. The molecule has 0 bridgehead atoms. The zero-order chi connectivity index (χ0) is 14.1. The first-order valence-electron chi connectivity index (χ1n) is 7.37.